The van der Waals surface area contributed by atoms with Crippen LogP contribution < -0.4 is 10.5 Å². The zero-order valence-electron chi connectivity index (χ0n) is 15.1. The lowest BCUT2D eigenvalue weighted by Gasteiger charge is -2.33. The molecule has 2 heterocycles. The number of pyridine rings is 1. The average Bonchev–Trinajstić information content (AvgIpc) is 2.72. The first-order chi connectivity index (χ1) is 13.2. The number of hydrogen-bond donors (Lipinski definition) is 1. The van der Waals surface area contributed by atoms with Crippen molar-refractivity contribution >= 4 is 5.91 Å². The number of ether oxygens (including phenoxy) is 2. The Morgan fingerprint density at radius 3 is 3.00 bits per heavy atom. The van der Waals surface area contributed by atoms with E-state index in [4.69, 9.17) is 15.2 Å². The van der Waals surface area contributed by atoms with Gasteiger partial charge in [0, 0.05) is 25.8 Å². The monoisotopic (exact) mass is 373 g/mol. The van der Waals surface area contributed by atoms with Crippen LogP contribution in [0.2, 0.25) is 0 Å². The number of carbonyl (C=O) groups excluding carboxylic acids is 1. The first-order valence-electron chi connectivity index (χ1n) is 9.10. The van der Waals surface area contributed by atoms with Gasteiger partial charge in [-0.25, -0.2) is 4.39 Å². The van der Waals surface area contributed by atoms with Crippen molar-refractivity contribution in [3.05, 3.63) is 59.7 Å². The normalized spacial score (nSPS) is 17.0. The lowest BCUT2D eigenvalue weighted by molar-refractivity contribution is -0.00795. The Balaban J connectivity index is 1.65. The van der Waals surface area contributed by atoms with Crippen LogP contribution in [-0.2, 0) is 11.3 Å². The SMILES string of the molecule is NCCOc1ccc(F)cc1C(=O)N1CCC[C@H](OCc2ccccn2)C1. The second kappa shape index (κ2) is 9.43. The van der Waals surface area contributed by atoms with Gasteiger partial charge in [0.25, 0.3) is 5.91 Å². The van der Waals surface area contributed by atoms with Gasteiger partial charge in [0.2, 0.25) is 0 Å². The molecular weight excluding hydrogens is 349 g/mol. The van der Waals surface area contributed by atoms with Crippen LogP contribution in [0.1, 0.15) is 28.9 Å². The molecule has 1 aliphatic rings. The zero-order valence-corrected chi connectivity index (χ0v) is 15.1. The molecule has 1 atom stereocenters. The van der Waals surface area contributed by atoms with Gasteiger partial charge in [-0.3, -0.25) is 9.78 Å². The number of hydrogen-bond acceptors (Lipinski definition) is 5. The van der Waals surface area contributed by atoms with Gasteiger partial charge in [0.05, 0.1) is 24.0 Å². The molecule has 0 saturated carbocycles. The highest BCUT2D eigenvalue weighted by molar-refractivity contribution is 5.97. The summed E-state index contributed by atoms with van der Waals surface area (Å²) < 4.78 is 25.1. The maximum absolute atomic E-state index is 13.7. The van der Waals surface area contributed by atoms with E-state index in [0.29, 0.717) is 32.0 Å². The first-order valence-corrected chi connectivity index (χ1v) is 9.10. The molecule has 0 bridgehead atoms. The van der Waals surface area contributed by atoms with Crippen LogP contribution in [0.15, 0.2) is 42.6 Å². The summed E-state index contributed by atoms with van der Waals surface area (Å²) in [4.78, 5) is 18.9. The van der Waals surface area contributed by atoms with E-state index in [-0.39, 0.29) is 24.2 Å². The van der Waals surface area contributed by atoms with Crippen molar-refractivity contribution in [2.45, 2.75) is 25.6 Å². The Morgan fingerprint density at radius 1 is 1.33 bits per heavy atom. The smallest absolute Gasteiger partial charge is 0.257 e. The Hall–Kier alpha value is -2.51. The first kappa shape index (κ1) is 19.3. The van der Waals surface area contributed by atoms with Crippen molar-refractivity contribution in [2.75, 3.05) is 26.2 Å². The van der Waals surface area contributed by atoms with Gasteiger partial charge in [0.15, 0.2) is 0 Å². The second-order valence-electron chi connectivity index (χ2n) is 6.43. The minimum atomic E-state index is -0.474. The van der Waals surface area contributed by atoms with Gasteiger partial charge >= 0.3 is 0 Å². The van der Waals surface area contributed by atoms with E-state index >= 15 is 0 Å². The molecule has 1 aromatic carbocycles. The molecule has 7 heteroatoms. The van der Waals surface area contributed by atoms with Crippen molar-refractivity contribution in [3.63, 3.8) is 0 Å². The highest BCUT2D eigenvalue weighted by Gasteiger charge is 2.27. The molecule has 6 nitrogen and oxygen atoms in total. The summed E-state index contributed by atoms with van der Waals surface area (Å²) in [5.74, 6) is -0.380. The van der Waals surface area contributed by atoms with Gasteiger partial charge in [-0.15, -0.1) is 0 Å². The lowest BCUT2D eigenvalue weighted by atomic mass is 10.1. The Bertz CT molecular complexity index is 757. The maximum atomic E-state index is 13.7. The fourth-order valence-corrected chi connectivity index (χ4v) is 3.08. The zero-order chi connectivity index (χ0) is 19.1. The van der Waals surface area contributed by atoms with Crippen LogP contribution in [-0.4, -0.2) is 48.1 Å². The van der Waals surface area contributed by atoms with Crippen molar-refractivity contribution in [3.8, 4) is 5.75 Å². The van der Waals surface area contributed by atoms with Crippen LogP contribution in [0.25, 0.3) is 0 Å². The number of nitrogens with zero attached hydrogens (tertiary/aromatic N) is 2. The highest BCUT2D eigenvalue weighted by atomic mass is 19.1. The topological polar surface area (TPSA) is 77.7 Å². The molecule has 2 N–H and O–H groups in total. The molecule has 144 valence electrons. The molecule has 1 fully saturated rings. The molecule has 1 saturated heterocycles. The maximum Gasteiger partial charge on any atom is 0.257 e. The predicted molar refractivity (Wildman–Crippen MR) is 98.9 cm³/mol. The van der Waals surface area contributed by atoms with Crippen molar-refractivity contribution in [1.82, 2.24) is 9.88 Å². The van der Waals surface area contributed by atoms with Gasteiger partial charge < -0.3 is 20.1 Å². The van der Waals surface area contributed by atoms with Crippen molar-refractivity contribution in [2.24, 2.45) is 5.73 Å². The second-order valence-corrected chi connectivity index (χ2v) is 6.43. The van der Waals surface area contributed by atoms with Gasteiger partial charge in [-0.05, 0) is 43.2 Å². The third-order valence-corrected chi connectivity index (χ3v) is 4.41. The lowest BCUT2D eigenvalue weighted by Crippen LogP contribution is -2.43. The molecule has 0 radical (unpaired) electrons. The molecule has 0 unspecified atom stereocenters. The van der Waals surface area contributed by atoms with Crippen molar-refractivity contribution in [1.29, 1.82) is 0 Å². The Labute approximate surface area is 158 Å². The van der Waals surface area contributed by atoms with Gasteiger partial charge in [-0.1, -0.05) is 6.07 Å². The van der Waals surface area contributed by atoms with E-state index < -0.39 is 5.82 Å². The number of benzene rings is 1. The minimum absolute atomic E-state index is 0.0772. The number of nitrogens with two attached hydrogens (primary N) is 1. The fraction of sp³-hybridized carbons (Fsp3) is 0.400. The molecule has 1 aliphatic heterocycles. The summed E-state index contributed by atoms with van der Waals surface area (Å²) in [6.45, 7) is 2.05. The molecular formula is C20H24FN3O3. The summed E-state index contributed by atoms with van der Waals surface area (Å²) >= 11 is 0. The van der Waals surface area contributed by atoms with Crippen LogP contribution in [0, 0.1) is 5.82 Å². The summed E-state index contributed by atoms with van der Waals surface area (Å²) in [5.41, 5.74) is 6.53. The number of halogens is 1. The quantitative estimate of drug-likeness (QED) is 0.806. The van der Waals surface area contributed by atoms with Crippen LogP contribution in [0.4, 0.5) is 4.39 Å². The van der Waals surface area contributed by atoms with E-state index in [1.165, 1.54) is 18.2 Å². The number of rotatable bonds is 7. The van der Waals surface area contributed by atoms with E-state index in [1.54, 1.807) is 11.1 Å². The summed E-state index contributed by atoms with van der Waals surface area (Å²) in [7, 11) is 0. The third-order valence-electron chi connectivity index (χ3n) is 4.41. The number of piperidine rings is 1. The summed E-state index contributed by atoms with van der Waals surface area (Å²) in [6.07, 6.45) is 3.34. The number of aromatic nitrogens is 1. The molecule has 1 amide bonds. The van der Waals surface area contributed by atoms with Gasteiger partial charge in [0.1, 0.15) is 18.2 Å². The van der Waals surface area contributed by atoms with E-state index in [0.717, 1.165) is 18.5 Å². The van der Waals surface area contributed by atoms with Gasteiger partial charge in [-0.2, -0.15) is 0 Å². The largest absolute Gasteiger partial charge is 0.491 e. The fourth-order valence-electron chi connectivity index (χ4n) is 3.08. The van der Waals surface area contributed by atoms with E-state index in [2.05, 4.69) is 4.98 Å². The number of carbonyl (C=O) groups is 1. The minimum Gasteiger partial charge on any atom is -0.491 e. The van der Waals surface area contributed by atoms with E-state index in [9.17, 15) is 9.18 Å². The molecule has 3 rings (SSSR count). The Morgan fingerprint density at radius 2 is 2.22 bits per heavy atom. The Kier molecular flexibility index (Phi) is 6.73. The molecule has 2 aromatic rings. The highest BCUT2D eigenvalue weighted by Crippen LogP contribution is 2.24. The van der Waals surface area contributed by atoms with Crippen LogP contribution in [0.3, 0.4) is 0 Å². The number of likely N-dealkylation sites (tertiary alicyclic amines) is 1. The molecule has 0 aliphatic carbocycles. The molecule has 0 spiro atoms. The van der Waals surface area contributed by atoms with Crippen LogP contribution >= 0.6 is 0 Å². The summed E-state index contributed by atoms with van der Waals surface area (Å²) in [6, 6.07) is 9.63. The molecule has 1 aromatic heterocycles. The number of amides is 1. The predicted octanol–water partition coefficient (Wildman–Crippen LogP) is 2.38. The average molecular weight is 373 g/mol. The van der Waals surface area contributed by atoms with Crippen molar-refractivity contribution < 1.29 is 18.7 Å². The molecule has 27 heavy (non-hydrogen) atoms. The standard InChI is InChI=1S/C20H24FN3O3/c21-15-6-7-19(26-11-8-22)18(12-15)20(25)24-10-3-5-17(13-24)27-14-16-4-1-2-9-23-16/h1-2,4,6-7,9,12,17H,3,5,8,10-11,13-14,22H2/t17-/m0/s1. The third kappa shape index (κ3) is 5.24. The summed E-state index contributed by atoms with van der Waals surface area (Å²) in [5, 5.41) is 0. The van der Waals surface area contributed by atoms with Crippen LogP contribution in [0.5, 0.6) is 5.75 Å². The van der Waals surface area contributed by atoms with E-state index in [1.807, 2.05) is 18.2 Å².